The number of carbonyl (C=O) groups excluding carboxylic acids is 1. The first-order chi connectivity index (χ1) is 17.3. The Morgan fingerprint density at radius 3 is 2.57 bits per heavy atom. The SMILES string of the molecule is [C-]#[N+]c1cc(C#N)cc(Oc2c([N+](=O)[O-])ccc(C(C(=O)OC(C)(C)C)c3cc(C)c(=O)[nH]n3)c2F)c1. The number of aromatic nitrogens is 2. The molecular weight excluding hydrogens is 485 g/mol. The van der Waals surface area contributed by atoms with E-state index in [4.69, 9.17) is 16.0 Å². The van der Waals surface area contributed by atoms with Crippen molar-refractivity contribution < 1.29 is 23.6 Å². The molecule has 0 saturated carbocycles. The molecule has 3 rings (SSSR count). The Kier molecular flexibility index (Phi) is 7.35. The number of nitro benzene ring substituents is 1. The molecule has 11 nitrogen and oxygen atoms in total. The Balaban J connectivity index is 2.25. The van der Waals surface area contributed by atoms with Crippen LogP contribution in [0.3, 0.4) is 0 Å². The maximum atomic E-state index is 16.0. The zero-order valence-electron chi connectivity index (χ0n) is 20.2. The van der Waals surface area contributed by atoms with Gasteiger partial charge in [0.25, 0.3) is 5.56 Å². The van der Waals surface area contributed by atoms with Gasteiger partial charge in [0.15, 0.2) is 11.5 Å². The highest BCUT2D eigenvalue weighted by molar-refractivity contribution is 5.82. The van der Waals surface area contributed by atoms with Crippen molar-refractivity contribution in [2.45, 2.75) is 39.2 Å². The predicted molar refractivity (Wildman–Crippen MR) is 128 cm³/mol. The number of nitrogens with one attached hydrogen (secondary N) is 1. The van der Waals surface area contributed by atoms with Crippen molar-refractivity contribution in [2.24, 2.45) is 0 Å². The van der Waals surface area contributed by atoms with E-state index in [2.05, 4.69) is 15.0 Å². The van der Waals surface area contributed by atoms with Crippen LogP contribution < -0.4 is 10.3 Å². The second-order valence-corrected chi connectivity index (χ2v) is 8.89. The number of carbonyl (C=O) groups is 1. The van der Waals surface area contributed by atoms with E-state index in [1.807, 2.05) is 6.07 Å². The number of aryl methyl sites for hydroxylation is 1. The van der Waals surface area contributed by atoms with Gasteiger partial charge in [-0.05, 0) is 58.0 Å². The van der Waals surface area contributed by atoms with Crippen LogP contribution in [0.25, 0.3) is 4.85 Å². The molecule has 1 aromatic heterocycles. The van der Waals surface area contributed by atoms with Crippen LogP contribution in [0.5, 0.6) is 11.5 Å². The van der Waals surface area contributed by atoms with Crippen molar-refractivity contribution in [2.75, 3.05) is 0 Å². The van der Waals surface area contributed by atoms with Crippen molar-refractivity contribution in [3.8, 4) is 17.6 Å². The van der Waals surface area contributed by atoms with Crippen molar-refractivity contribution in [1.29, 1.82) is 5.26 Å². The molecule has 0 fully saturated rings. The fourth-order valence-corrected chi connectivity index (χ4v) is 3.35. The largest absolute Gasteiger partial charge is 0.459 e. The van der Waals surface area contributed by atoms with E-state index in [1.165, 1.54) is 31.2 Å². The van der Waals surface area contributed by atoms with Gasteiger partial charge in [-0.25, -0.2) is 14.3 Å². The van der Waals surface area contributed by atoms with E-state index in [-0.39, 0.29) is 33.8 Å². The summed E-state index contributed by atoms with van der Waals surface area (Å²) in [4.78, 5) is 39.0. The third-order valence-electron chi connectivity index (χ3n) is 4.93. The number of benzene rings is 2. The maximum absolute atomic E-state index is 16.0. The van der Waals surface area contributed by atoms with Gasteiger partial charge in [-0.3, -0.25) is 19.7 Å². The molecule has 0 bridgehead atoms. The number of nitro groups is 1. The van der Waals surface area contributed by atoms with Crippen LogP contribution in [-0.4, -0.2) is 26.7 Å². The van der Waals surface area contributed by atoms with Gasteiger partial charge in [-0.2, -0.15) is 10.4 Å². The predicted octanol–water partition coefficient (Wildman–Crippen LogP) is 4.81. The van der Waals surface area contributed by atoms with Crippen LogP contribution in [0.15, 0.2) is 41.2 Å². The Hall–Kier alpha value is -5.10. The van der Waals surface area contributed by atoms with Crippen molar-refractivity contribution in [3.05, 3.63) is 96.5 Å². The summed E-state index contributed by atoms with van der Waals surface area (Å²) in [6, 6.07) is 8.73. The number of hydrogen-bond donors (Lipinski definition) is 1. The van der Waals surface area contributed by atoms with Gasteiger partial charge in [-0.1, -0.05) is 0 Å². The Labute approximate surface area is 210 Å². The van der Waals surface area contributed by atoms with Crippen LogP contribution >= 0.6 is 0 Å². The number of halogens is 1. The number of hydrogen-bond acceptors (Lipinski definition) is 8. The van der Waals surface area contributed by atoms with Crippen LogP contribution in [0.4, 0.5) is 15.8 Å². The molecule has 1 heterocycles. The van der Waals surface area contributed by atoms with Gasteiger partial charge in [0.05, 0.1) is 23.3 Å². The van der Waals surface area contributed by atoms with Gasteiger partial charge in [0, 0.05) is 22.8 Å². The topological polar surface area (TPSA) is 153 Å². The lowest BCUT2D eigenvalue weighted by atomic mass is 9.93. The highest BCUT2D eigenvalue weighted by Gasteiger charge is 2.35. The fourth-order valence-electron chi connectivity index (χ4n) is 3.35. The van der Waals surface area contributed by atoms with Crippen LogP contribution in [0.1, 0.15) is 49.1 Å². The first kappa shape index (κ1) is 26.5. The zero-order valence-corrected chi connectivity index (χ0v) is 20.2. The van der Waals surface area contributed by atoms with E-state index in [9.17, 15) is 25.0 Å². The molecule has 188 valence electrons. The molecule has 0 aliphatic rings. The monoisotopic (exact) mass is 505 g/mol. The summed E-state index contributed by atoms with van der Waals surface area (Å²) in [5.41, 5.74) is -2.49. The average Bonchev–Trinajstić information content (AvgIpc) is 2.82. The van der Waals surface area contributed by atoms with Crippen molar-refractivity contribution in [3.63, 3.8) is 0 Å². The average molecular weight is 505 g/mol. The lowest BCUT2D eigenvalue weighted by Gasteiger charge is -2.24. The minimum atomic E-state index is -1.53. The second kappa shape index (κ2) is 10.3. The molecular formula is C25H20FN5O6. The number of nitrogens with zero attached hydrogens (tertiary/aromatic N) is 4. The first-order valence-electron chi connectivity index (χ1n) is 10.7. The van der Waals surface area contributed by atoms with Crippen LogP contribution in [0, 0.1) is 40.8 Å². The molecule has 0 aliphatic heterocycles. The summed E-state index contributed by atoms with van der Waals surface area (Å²) < 4.78 is 26.9. The minimum Gasteiger partial charge on any atom is -0.459 e. The molecule has 0 saturated heterocycles. The number of nitriles is 1. The fraction of sp³-hybridized carbons (Fsp3) is 0.240. The van der Waals surface area contributed by atoms with E-state index in [0.29, 0.717) is 0 Å². The Bertz CT molecular complexity index is 1510. The Morgan fingerprint density at radius 1 is 1.30 bits per heavy atom. The molecule has 2 aromatic carbocycles. The number of esters is 1. The first-order valence-corrected chi connectivity index (χ1v) is 10.7. The van der Waals surface area contributed by atoms with Crippen LogP contribution in [0.2, 0.25) is 0 Å². The highest BCUT2D eigenvalue weighted by atomic mass is 19.1. The van der Waals surface area contributed by atoms with Gasteiger partial charge in [0.2, 0.25) is 5.75 Å². The molecule has 0 amide bonds. The zero-order chi connectivity index (χ0) is 27.5. The van der Waals surface area contributed by atoms with Gasteiger partial charge >= 0.3 is 11.7 Å². The molecule has 12 heteroatoms. The normalized spacial score (nSPS) is 11.6. The number of rotatable bonds is 6. The van der Waals surface area contributed by atoms with E-state index in [1.54, 1.807) is 20.8 Å². The Morgan fingerprint density at radius 2 is 2.00 bits per heavy atom. The quantitative estimate of drug-likeness (QED) is 0.217. The second-order valence-electron chi connectivity index (χ2n) is 8.89. The van der Waals surface area contributed by atoms with E-state index >= 15 is 4.39 Å². The standard InChI is InChI=1S/C25H20FN5O6/c1-13-8-18(29-30-23(13)32)20(24(33)37-25(2,3)4)17-6-7-19(31(34)35)22(21(17)26)36-16-10-14(12-27)9-15(11-16)28-5/h6-11,20H,1-4H3,(H,30,32). The minimum absolute atomic E-state index is 0.00666. The summed E-state index contributed by atoms with van der Waals surface area (Å²) in [5, 5.41) is 27.0. The summed E-state index contributed by atoms with van der Waals surface area (Å²) in [7, 11) is 0. The number of ether oxygens (including phenoxy) is 2. The van der Waals surface area contributed by atoms with E-state index < -0.39 is 45.2 Å². The summed E-state index contributed by atoms with van der Waals surface area (Å²) >= 11 is 0. The smallest absolute Gasteiger partial charge is 0.320 e. The van der Waals surface area contributed by atoms with Crippen molar-refractivity contribution in [1.82, 2.24) is 10.2 Å². The van der Waals surface area contributed by atoms with Crippen molar-refractivity contribution >= 4 is 17.3 Å². The van der Waals surface area contributed by atoms with Gasteiger partial charge in [-0.15, -0.1) is 0 Å². The molecule has 0 spiro atoms. The number of aromatic amines is 1. The molecule has 0 aliphatic carbocycles. The summed E-state index contributed by atoms with van der Waals surface area (Å²) in [5.74, 6) is -4.75. The molecule has 1 N–H and O–H groups in total. The molecule has 1 atom stereocenters. The molecule has 37 heavy (non-hydrogen) atoms. The van der Waals surface area contributed by atoms with Crippen LogP contribution in [-0.2, 0) is 9.53 Å². The molecule has 0 radical (unpaired) electrons. The summed E-state index contributed by atoms with van der Waals surface area (Å²) in [6.45, 7) is 13.4. The lowest BCUT2D eigenvalue weighted by molar-refractivity contribution is -0.385. The highest BCUT2D eigenvalue weighted by Crippen LogP contribution is 2.40. The van der Waals surface area contributed by atoms with E-state index in [0.717, 1.165) is 12.1 Å². The third kappa shape index (κ3) is 5.94. The lowest BCUT2D eigenvalue weighted by Crippen LogP contribution is -2.30. The third-order valence-corrected chi connectivity index (χ3v) is 4.93. The summed E-state index contributed by atoms with van der Waals surface area (Å²) in [6.07, 6.45) is 0. The maximum Gasteiger partial charge on any atom is 0.320 e. The number of H-pyrrole nitrogens is 1. The molecule has 1 unspecified atom stereocenters. The van der Waals surface area contributed by atoms with Gasteiger partial charge < -0.3 is 9.47 Å². The molecule has 3 aromatic rings. The van der Waals surface area contributed by atoms with Gasteiger partial charge in [0.1, 0.15) is 17.3 Å².